The highest BCUT2D eigenvalue weighted by molar-refractivity contribution is 5.73. The summed E-state index contributed by atoms with van der Waals surface area (Å²) in [6, 6.07) is 8.12. The van der Waals surface area contributed by atoms with E-state index in [0.717, 1.165) is 5.56 Å². The highest BCUT2D eigenvalue weighted by atomic mass is 16.6. The number of carbonyl (C=O) groups is 1. The first-order chi connectivity index (χ1) is 9.97. The third kappa shape index (κ3) is 3.63. The van der Waals surface area contributed by atoms with Gasteiger partial charge in [-0.2, -0.15) is 4.68 Å². The highest BCUT2D eigenvalue weighted by Crippen LogP contribution is 2.18. The number of rotatable bonds is 6. The number of hydrogen-bond acceptors (Lipinski definition) is 5. The molecule has 8 heteroatoms. The van der Waals surface area contributed by atoms with E-state index in [1.54, 1.807) is 0 Å². The van der Waals surface area contributed by atoms with E-state index in [-0.39, 0.29) is 17.8 Å². The Kier molecular flexibility index (Phi) is 4.29. The average Bonchev–Trinajstić information content (AvgIpc) is 2.82. The van der Waals surface area contributed by atoms with Gasteiger partial charge in [0.25, 0.3) is 0 Å². The summed E-state index contributed by atoms with van der Waals surface area (Å²) in [4.78, 5) is 21.1. The van der Waals surface area contributed by atoms with Crippen LogP contribution in [0.4, 0.5) is 5.82 Å². The predicted octanol–water partition coefficient (Wildman–Crippen LogP) is 0.794. The number of nitrogens with two attached hydrogens (primary N) is 1. The van der Waals surface area contributed by atoms with E-state index >= 15 is 0 Å². The van der Waals surface area contributed by atoms with Crippen LogP contribution in [0.1, 0.15) is 11.1 Å². The van der Waals surface area contributed by atoms with Gasteiger partial charge in [0.1, 0.15) is 6.04 Å². The number of benzene rings is 1. The summed E-state index contributed by atoms with van der Waals surface area (Å²) in [6.45, 7) is 0.365. The first-order valence-corrected chi connectivity index (χ1v) is 6.20. The molecule has 21 heavy (non-hydrogen) atoms. The molecule has 0 aliphatic carbocycles. The van der Waals surface area contributed by atoms with Crippen molar-refractivity contribution < 1.29 is 14.8 Å². The van der Waals surface area contributed by atoms with Gasteiger partial charge in [0, 0.05) is 6.42 Å². The normalized spacial score (nSPS) is 12.0. The molecule has 0 saturated heterocycles. The molecule has 1 atom stereocenters. The number of nitrogens with zero attached hydrogens (tertiary/aromatic N) is 3. The van der Waals surface area contributed by atoms with Crippen LogP contribution in [0.5, 0.6) is 0 Å². The molecule has 3 N–H and O–H groups in total. The van der Waals surface area contributed by atoms with Crippen molar-refractivity contribution in [1.82, 2.24) is 9.78 Å². The molecule has 2 aromatic rings. The van der Waals surface area contributed by atoms with Crippen molar-refractivity contribution in [3.05, 3.63) is 57.8 Å². The summed E-state index contributed by atoms with van der Waals surface area (Å²) in [5, 5.41) is 23.7. The fourth-order valence-corrected chi connectivity index (χ4v) is 1.93. The van der Waals surface area contributed by atoms with Crippen LogP contribution >= 0.6 is 0 Å². The molecule has 0 amide bonds. The molecule has 0 saturated carbocycles. The average molecular weight is 290 g/mol. The predicted molar refractivity (Wildman–Crippen MR) is 73.7 cm³/mol. The zero-order valence-corrected chi connectivity index (χ0v) is 11.0. The molecule has 0 radical (unpaired) electrons. The molecular formula is C13H14N4O4. The lowest BCUT2D eigenvalue weighted by Gasteiger charge is -2.02. The van der Waals surface area contributed by atoms with Gasteiger partial charge in [-0.3, -0.25) is 4.79 Å². The number of hydrogen-bond donors (Lipinski definition) is 2. The molecule has 1 heterocycles. The largest absolute Gasteiger partial charge is 0.480 e. The van der Waals surface area contributed by atoms with E-state index in [0.29, 0.717) is 6.54 Å². The molecule has 0 spiro atoms. The molecule has 0 aliphatic heterocycles. The number of carboxylic acids is 1. The quantitative estimate of drug-likeness (QED) is 0.598. The second-order valence-corrected chi connectivity index (χ2v) is 4.57. The zero-order chi connectivity index (χ0) is 15.4. The lowest BCUT2D eigenvalue weighted by Crippen LogP contribution is -2.32. The molecule has 1 aromatic heterocycles. The van der Waals surface area contributed by atoms with E-state index in [1.165, 1.54) is 10.9 Å². The van der Waals surface area contributed by atoms with Crippen molar-refractivity contribution in [2.45, 2.75) is 19.0 Å². The van der Waals surface area contributed by atoms with Crippen molar-refractivity contribution in [3.8, 4) is 0 Å². The van der Waals surface area contributed by atoms with Crippen molar-refractivity contribution >= 4 is 11.8 Å². The van der Waals surface area contributed by atoms with Gasteiger partial charge < -0.3 is 21.0 Å². The molecule has 8 nitrogen and oxygen atoms in total. The van der Waals surface area contributed by atoms with Crippen LogP contribution in [0, 0.1) is 10.1 Å². The molecule has 2 rings (SSSR count). The number of carboxylic acid groups (broad SMARTS) is 1. The Balaban J connectivity index is 2.24. The fourth-order valence-electron chi connectivity index (χ4n) is 1.93. The SMILES string of the molecule is NC(Cc1cn(Cc2ccccc2)nc1[N+](=O)[O-])C(=O)O. The summed E-state index contributed by atoms with van der Waals surface area (Å²) in [5.41, 5.74) is 6.57. The monoisotopic (exact) mass is 290 g/mol. The topological polar surface area (TPSA) is 124 Å². The minimum atomic E-state index is -1.21. The van der Waals surface area contributed by atoms with Crippen molar-refractivity contribution in [1.29, 1.82) is 0 Å². The van der Waals surface area contributed by atoms with Crippen LogP contribution in [0.2, 0.25) is 0 Å². The standard InChI is InChI=1S/C13H14N4O4/c14-11(13(18)19)6-10-8-16(15-12(10)17(20)21)7-9-4-2-1-3-5-9/h1-5,8,11H,6-7,14H2,(H,18,19). The zero-order valence-electron chi connectivity index (χ0n) is 11.0. The lowest BCUT2D eigenvalue weighted by molar-refractivity contribution is -0.390. The summed E-state index contributed by atoms with van der Waals surface area (Å²) >= 11 is 0. The first kappa shape index (κ1) is 14.7. The summed E-state index contributed by atoms with van der Waals surface area (Å²) in [6.07, 6.45) is 1.33. The van der Waals surface area contributed by atoms with Crippen molar-refractivity contribution in [2.75, 3.05) is 0 Å². The van der Waals surface area contributed by atoms with Gasteiger partial charge in [-0.15, -0.1) is 0 Å². The van der Waals surface area contributed by atoms with Crippen LogP contribution in [-0.2, 0) is 17.8 Å². The molecule has 110 valence electrons. The third-order valence-electron chi connectivity index (χ3n) is 2.93. The van der Waals surface area contributed by atoms with Gasteiger partial charge in [-0.05, 0) is 10.5 Å². The van der Waals surface area contributed by atoms with E-state index < -0.39 is 16.9 Å². The van der Waals surface area contributed by atoms with Gasteiger partial charge >= 0.3 is 11.8 Å². The highest BCUT2D eigenvalue weighted by Gasteiger charge is 2.24. The van der Waals surface area contributed by atoms with Crippen LogP contribution in [0.3, 0.4) is 0 Å². The Morgan fingerprint density at radius 1 is 1.43 bits per heavy atom. The van der Waals surface area contributed by atoms with E-state index in [1.807, 2.05) is 30.3 Å². The molecule has 1 unspecified atom stereocenters. The lowest BCUT2D eigenvalue weighted by atomic mass is 10.1. The second kappa shape index (κ2) is 6.14. The number of aromatic nitrogens is 2. The Morgan fingerprint density at radius 3 is 2.67 bits per heavy atom. The second-order valence-electron chi connectivity index (χ2n) is 4.57. The Bertz CT molecular complexity index is 653. The van der Waals surface area contributed by atoms with Gasteiger partial charge in [0.05, 0.1) is 23.4 Å². The summed E-state index contributed by atoms with van der Waals surface area (Å²) in [5.74, 6) is -1.57. The maximum atomic E-state index is 11.0. The van der Waals surface area contributed by atoms with E-state index in [2.05, 4.69) is 5.10 Å². The molecule has 0 aliphatic rings. The first-order valence-electron chi connectivity index (χ1n) is 6.20. The van der Waals surface area contributed by atoms with Crippen LogP contribution in [-0.4, -0.2) is 31.8 Å². The smallest absolute Gasteiger partial charge is 0.393 e. The van der Waals surface area contributed by atoms with Gasteiger partial charge in [0.15, 0.2) is 0 Å². The fraction of sp³-hybridized carbons (Fsp3) is 0.231. The molecule has 0 bridgehead atoms. The molecule has 1 aromatic carbocycles. The Hall–Kier alpha value is -2.74. The third-order valence-corrected chi connectivity index (χ3v) is 2.93. The molecular weight excluding hydrogens is 276 g/mol. The molecule has 0 fully saturated rings. The van der Waals surface area contributed by atoms with E-state index in [4.69, 9.17) is 10.8 Å². The summed E-state index contributed by atoms with van der Waals surface area (Å²) in [7, 11) is 0. The Morgan fingerprint density at radius 2 is 2.10 bits per heavy atom. The number of aliphatic carboxylic acids is 1. The minimum absolute atomic E-state index is 0.138. The van der Waals surface area contributed by atoms with Crippen molar-refractivity contribution in [3.63, 3.8) is 0 Å². The van der Waals surface area contributed by atoms with Gasteiger partial charge in [-0.25, -0.2) is 0 Å². The maximum Gasteiger partial charge on any atom is 0.393 e. The van der Waals surface area contributed by atoms with Crippen LogP contribution in [0.25, 0.3) is 0 Å². The number of nitro groups is 1. The van der Waals surface area contributed by atoms with Gasteiger partial charge in [-0.1, -0.05) is 30.3 Å². The summed E-state index contributed by atoms with van der Waals surface area (Å²) < 4.78 is 1.41. The Labute approximate surface area is 120 Å². The van der Waals surface area contributed by atoms with Crippen molar-refractivity contribution in [2.24, 2.45) is 5.73 Å². The van der Waals surface area contributed by atoms with Crippen LogP contribution in [0.15, 0.2) is 36.5 Å². The maximum absolute atomic E-state index is 11.0. The van der Waals surface area contributed by atoms with Gasteiger partial charge in [0.2, 0.25) is 0 Å². The van der Waals surface area contributed by atoms with Crippen LogP contribution < -0.4 is 5.73 Å². The van der Waals surface area contributed by atoms with E-state index in [9.17, 15) is 14.9 Å². The minimum Gasteiger partial charge on any atom is -0.480 e.